The van der Waals surface area contributed by atoms with Gasteiger partial charge in [-0.15, -0.1) is 0 Å². The predicted octanol–water partition coefficient (Wildman–Crippen LogP) is 3.05. The van der Waals surface area contributed by atoms with Crippen molar-refractivity contribution in [2.24, 2.45) is 0 Å². The largest absolute Gasteiger partial charge is 0.508 e. The Kier molecular flexibility index (Phi) is 7.13. The lowest BCUT2D eigenvalue weighted by Gasteiger charge is -2.02. The molecule has 2 aromatic rings. The second-order valence-corrected chi connectivity index (χ2v) is 4.53. The number of carbonyl (C=O) groups is 2. The monoisotopic (exact) mass is 318 g/mol. The first-order valence-electron chi connectivity index (χ1n) is 6.92. The van der Waals surface area contributed by atoms with E-state index in [9.17, 15) is 9.59 Å². The van der Waals surface area contributed by atoms with Crippen molar-refractivity contribution in [1.82, 2.24) is 0 Å². The number of hydrogen-bond acceptors (Lipinski definition) is 5. The lowest BCUT2D eigenvalue weighted by molar-refractivity contribution is 0.0504. The van der Waals surface area contributed by atoms with Crippen LogP contribution in [0.2, 0.25) is 0 Å². The van der Waals surface area contributed by atoms with Gasteiger partial charge in [-0.05, 0) is 55.0 Å². The van der Waals surface area contributed by atoms with Gasteiger partial charge in [0.2, 0.25) is 0 Å². The van der Waals surface area contributed by atoms with E-state index in [4.69, 9.17) is 20.1 Å². The van der Waals surface area contributed by atoms with E-state index >= 15 is 0 Å². The molecule has 0 aliphatic rings. The fourth-order valence-electron chi connectivity index (χ4n) is 1.48. The van der Waals surface area contributed by atoms with E-state index in [0.29, 0.717) is 12.2 Å². The minimum Gasteiger partial charge on any atom is -0.508 e. The molecule has 0 bridgehead atoms. The molecular formula is C17H18O6. The summed E-state index contributed by atoms with van der Waals surface area (Å²) in [4.78, 5) is 21.4. The molecule has 0 aromatic heterocycles. The fraction of sp³-hybridized carbons (Fsp3) is 0.176. The Labute approximate surface area is 133 Å². The number of carboxylic acids is 1. The van der Waals surface area contributed by atoms with Crippen LogP contribution in [0, 0.1) is 0 Å². The van der Waals surface area contributed by atoms with Crippen LogP contribution in [0.1, 0.15) is 34.1 Å². The van der Waals surface area contributed by atoms with Gasteiger partial charge in [0.15, 0.2) is 0 Å². The normalized spacial score (nSPS) is 9.43. The number of benzene rings is 2. The summed E-state index contributed by atoms with van der Waals surface area (Å²) < 4.78 is 4.90. The highest BCUT2D eigenvalue weighted by atomic mass is 16.5. The van der Waals surface area contributed by atoms with E-state index in [2.05, 4.69) is 0 Å². The maximum absolute atomic E-state index is 11.2. The Bertz CT molecular complexity index is 631. The van der Waals surface area contributed by atoms with Crippen molar-refractivity contribution in [2.45, 2.75) is 13.3 Å². The molecule has 0 aliphatic heterocycles. The second kappa shape index (κ2) is 9.09. The van der Waals surface area contributed by atoms with Gasteiger partial charge in [0.25, 0.3) is 0 Å². The average molecular weight is 318 g/mol. The third kappa shape index (κ3) is 6.52. The Balaban J connectivity index is 0.000000238. The Morgan fingerprint density at radius 3 is 1.70 bits per heavy atom. The molecule has 23 heavy (non-hydrogen) atoms. The lowest BCUT2D eigenvalue weighted by Crippen LogP contribution is -2.05. The van der Waals surface area contributed by atoms with Gasteiger partial charge in [0, 0.05) is 0 Å². The van der Waals surface area contributed by atoms with Gasteiger partial charge in [-0.1, -0.05) is 6.92 Å². The summed E-state index contributed by atoms with van der Waals surface area (Å²) in [6.45, 7) is 2.36. The highest BCUT2D eigenvalue weighted by Gasteiger charge is 2.05. The molecule has 0 atom stereocenters. The number of phenols is 2. The van der Waals surface area contributed by atoms with Gasteiger partial charge in [0.05, 0.1) is 17.7 Å². The average Bonchev–Trinajstić information content (AvgIpc) is 2.54. The molecule has 0 heterocycles. The lowest BCUT2D eigenvalue weighted by atomic mass is 10.2. The Morgan fingerprint density at radius 1 is 0.870 bits per heavy atom. The summed E-state index contributed by atoms with van der Waals surface area (Å²) >= 11 is 0. The van der Waals surface area contributed by atoms with Crippen LogP contribution >= 0.6 is 0 Å². The first kappa shape index (κ1) is 18.0. The van der Waals surface area contributed by atoms with E-state index in [1.165, 1.54) is 48.5 Å². The van der Waals surface area contributed by atoms with Gasteiger partial charge in [-0.3, -0.25) is 0 Å². The molecule has 122 valence electrons. The fourth-order valence-corrected chi connectivity index (χ4v) is 1.48. The number of aromatic carboxylic acids is 1. The molecule has 0 saturated carbocycles. The molecular weight excluding hydrogens is 300 g/mol. The van der Waals surface area contributed by atoms with Crippen molar-refractivity contribution >= 4 is 11.9 Å². The molecule has 0 spiro atoms. The quantitative estimate of drug-likeness (QED) is 0.748. The number of carbonyl (C=O) groups excluding carboxylic acids is 1. The maximum atomic E-state index is 11.2. The van der Waals surface area contributed by atoms with Crippen LogP contribution in [-0.4, -0.2) is 33.9 Å². The van der Waals surface area contributed by atoms with Crippen LogP contribution < -0.4 is 0 Å². The van der Waals surface area contributed by atoms with Crippen LogP contribution in [0.15, 0.2) is 48.5 Å². The summed E-state index contributed by atoms with van der Waals surface area (Å²) in [5.41, 5.74) is 0.643. The van der Waals surface area contributed by atoms with E-state index in [1.807, 2.05) is 6.92 Å². The summed E-state index contributed by atoms with van der Waals surface area (Å²) in [7, 11) is 0. The topological polar surface area (TPSA) is 104 Å². The zero-order valence-electron chi connectivity index (χ0n) is 12.6. The highest BCUT2D eigenvalue weighted by Crippen LogP contribution is 2.10. The van der Waals surface area contributed by atoms with Crippen LogP contribution in [0.25, 0.3) is 0 Å². The zero-order chi connectivity index (χ0) is 17.2. The molecule has 2 aromatic carbocycles. The van der Waals surface area contributed by atoms with E-state index in [0.717, 1.165) is 6.42 Å². The number of ether oxygens (including phenoxy) is 1. The number of carboxylic acid groups (broad SMARTS) is 1. The van der Waals surface area contributed by atoms with Crippen molar-refractivity contribution in [3.8, 4) is 11.5 Å². The van der Waals surface area contributed by atoms with Crippen LogP contribution in [-0.2, 0) is 4.74 Å². The van der Waals surface area contributed by atoms with Gasteiger partial charge in [-0.25, -0.2) is 9.59 Å². The van der Waals surface area contributed by atoms with Gasteiger partial charge < -0.3 is 20.1 Å². The first-order chi connectivity index (χ1) is 10.9. The van der Waals surface area contributed by atoms with Crippen molar-refractivity contribution in [1.29, 1.82) is 0 Å². The highest BCUT2D eigenvalue weighted by molar-refractivity contribution is 5.89. The molecule has 0 fully saturated rings. The summed E-state index contributed by atoms with van der Waals surface area (Å²) in [6.07, 6.45) is 0.809. The summed E-state index contributed by atoms with van der Waals surface area (Å²) in [6, 6.07) is 11.4. The Hall–Kier alpha value is -3.02. The number of phenolic OH excluding ortho intramolecular Hbond substituents is 2. The molecule has 0 amide bonds. The molecule has 3 N–H and O–H groups in total. The SMILES string of the molecule is CCCOC(=O)c1ccc(O)cc1.O=C(O)c1ccc(O)cc1. The number of rotatable bonds is 4. The van der Waals surface area contributed by atoms with Crippen molar-refractivity contribution in [3.63, 3.8) is 0 Å². The maximum Gasteiger partial charge on any atom is 0.338 e. The number of aromatic hydroxyl groups is 2. The van der Waals surface area contributed by atoms with Crippen molar-refractivity contribution in [3.05, 3.63) is 59.7 Å². The second-order valence-electron chi connectivity index (χ2n) is 4.53. The van der Waals surface area contributed by atoms with Crippen molar-refractivity contribution in [2.75, 3.05) is 6.61 Å². The first-order valence-corrected chi connectivity index (χ1v) is 6.92. The molecule has 6 heteroatoms. The smallest absolute Gasteiger partial charge is 0.338 e. The predicted molar refractivity (Wildman–Crippen MR) is 83.7 cm³/mol. The summed E-state index contributed by atoms with van der Waals surface area (Å²) in [5.74, 6) is -1.11. The van der Waals surface area contributed by atoms with Crippen LogP contribution in [0.4, 0.5) is 0 Å². The minimum atomic E-state index is -0.986. The van der Waals surface area contributed by atoms with Gasteiger partial charge >= 0.3 is 11.9 Å². The number of hydrogen-bond donors (Lipinski definition) is 3. The van der Waals surface area contributed by atoms with Crippen LogP contribution in [0.3, 0.4) is 0 Å². The minimum absolute atomic E-state index is 0.0741. The Morgan fingerprint density at radius 2 is 1.30 bits per heavy atom. The van der Waals surface area contributed by atoms with Gasteiger partial charge in [0.1, 0.15) is 11.5 Å². The molecule has 6 nitrogen and oxygen atoms in total. The van der Waals surface area contributed by atoms with Crippen LogP contribution in [0.5, 0.6) is 11.5 Å². The zero-order valence-corrected chi connectivity index (χ0v) is 12.6. The van der Waals surface area contributed by atoms with E-state index in [-0.39, 0.29) is 23.0 Å². The third-order valence-corrected chi connectivity index (χ3v) is 2.65. The molecule has 0 unspecified atom stereocenters. The number of esters is 1. The van der Waals surface area contributed by atoms with E-state index < -0.39 is 5.97 Å². The molecule has 0 aliphatic carbocycles. The molecule has 0 saturated heterocycles. The van der Waals surface area contributed by atoms with E-state index in [1.54, 1.807) is 0 Å². The van der Waals surface area contributed by atoms with Gasteiger partial charge in [-0.2, -0.15) is 0 Å². The third-order valence-electron chi connectivity index (χ3n) is 2.65. The molecule has 0 radical (unpaired) electrons. The molecule has 2 rings (SSSR count). The van der Waals surface area contributed by atoms with Crippen molar-refractivity contribution < 1.29 is 29.6 Å². The summed E-state index contributed by atoms with van der Waals surface area (Å²) in [5, 5.41) is 26.1. The standard InChI is InChI=1S/C10H12O3.C7H6O3/c1-2-7-13-10(12)8-3-5-9(11)6-4-8;8-6-3-1-5(2-4-6)7(9)10/h3-6,11H,2,7H2,1H3;1-4,8H,(H,9,10).